The molecule has 1 saturated heterocycles. The topological polar surface area (TPSA) is 136 Å². The Morgan fingerprint density at radius 3 is 2.65 bits per heavy atom. The molecular weight excluding hydrogens is 639 g/mol. The molecule has 1 fully saturated rings. The summed E-state index contributed by atoms with van der Waals surface area (Å²) in [5.41, 5.74) is 3.09. The maximum atomic E-state index is 14.2. The number of ether oxygens (including phenoxy) is 2. The number of H-pyrrole nitrogens is 1. The Labute approximate surface area is 278 Å². The summed E-state index contributed by atoms with van der Waals surface area (Å²) in [7, 11) is 2.96. The van der Waals surface area contributed by atoms with E-state index in [-0.39, 0.29) is 23.6 Å². The van der Waals surface area contributed by atoms with Crippen LogP contribution in [0.5, 0.6) is 11.6 Å². The van der Waals surface area contributed by atoms with Gasteiger partial charge in [0.25, 0.3) is 0 Å². The van der Waals surface area contributed by atoms with E-state index in [1.54, 1.807) is 29.7 Å². The highest BCUT2D eigenvalue weighted by molar-refractivity contribution is 5.85. The van der Waals surface area contributed by atoms with Crippen molar-refractivity contribution in [2.45, 2.75) is 44.2 Å². The van der Waals surface area contributed by atoms with Gasteiger partial charge in [0.15, 0.2) is 0 Å². The third-order valence-electron chi connectivity index (χ3n) is 8.70. The molecule has 0 radical (unpaired) electrons. The number of fused-ring (bicyclic) bond motifs is 2. The second kappa shape index (κ2) is 13.1. The number of aromatic nitrogens is 7. The molecule has 2 aromatic carbocycles. The quantitative estimate of drug-likeness (QED) is 0.209. The van der Waals surface area contributed by atoms with Crippen LogP contribution >= 0.6 is 0 Å². The zero-order valence-corrected chi connectivity index (χ0v) is 26.6. The molecule has 0 saturated carbocycles. The van der Waals surface area contributed by atoms with E-state index in [9.17, 15) is 18.0 Å². The van der Waals surface area contributed by atoms with Gasteiger partial charge in [0.05, 0.1) is 60.0 Å². The number of nitrogens with one attached hydrogen (secondary N) is 2. The lowest BCUT2D eigenvalue weighted by Gasteiger charge is -2.39. The number of nitrogens with zero attached hydrogens (tertiary/aromatic N) is 7. The van der Waals surface area contributed by atoms with E-state index in [2.05, 4.69) is 35.2 Å². The molecule has 0 spiro atoms. The van der Waals surface area contributed by atoms with E-state index in [0.717, 1.165) is 21.2 Å². The molecule has 6 aromatic rings. The van der Waals surface area contributed by atoms with Crippen LogP contribution in [0.1, 0.15) is 36.2 Å². The summed E-state index contributed by atoms with van der Waals surface area (Å²) >= 11 is 0. The van der Waals surface area contributed by atoms with Gasteiger partial charge in [-0.2, -0.15) is 13.2 Å². The Hall–Kier alpha value is -5.57. The van der Waals surface area contributed by atoms with E-state index in [1.165, 1.54) is 32.4 Å². The van der Waals surface area contributed by atoms with Crippen LogP contribution < -0.4 is 14.8 Å². The van der Waals surface area contributed by atoms with Crippen LogP contribution in [0, 0.1) is 0 Å². The van der Waals surface area contributed by atoms with Gasteiger partial charge in [0.1, 0.15) is 18.1 Å². The molecule has 15 heteroatoms. The zero-order valence-electron chi connectivity index (χ0n) is 26.6. The molecule has 0 unspecified atom stereocenters. The van der Waals surface area contributed by atoms with Crippen LogP contribution in [-0.4, -0.2) is 72.1 Å². The number of pyridine rings is 1. The van der Waals surface area contributed by atoms with Crippen molar-refractivity contribution in [1.29, 1.82) is 0 Å². The Morgan fingerprint density at radius 2 is 1.88 bits per heavy atom. The average molecular weight is 672 g/mol. The van der Waals surface area contributed by atoms with Crippen LogP contribution in [0.3, 0.4) is 0 Å². The molecule has 7 rings (SSSR count). The number of halogens is 3. The minimum absolute atomic E-state index is 0.0504. The van der Waals surface area contributed by atoms with Crippen LogP contribution in [-0.2, 0) is 24.1 Å². The number of piperidine rings is 1. The van der Waals surface area contributed by atoms with Crippen molar-refractivity contribution in [2.24, 2.45) is 0 Å². The number of para-hydroxylation sites is 1. The predicted molar refractivity (Wildman–Crippen MR) is 174 cm³/mol. The fraction of sp³-hybridized carbons (Fsp3) is 0.294. The number of imidazole rings is 2. The van der Waals surface area contributed by atoms with E-state index in [4.69, 9.17) is 9.47 Å². The van der Waals surface area contributed by atoms with Crippen molar-refractivity contribution in [3.8, 4) is 22.9 Å². The molecule has 4 aromatic heterocycles. The molecule has 49 heavy (non-hydrogen) atoms. The Kier molecular flexibility index (Phi) is 8.59. The molecular formula is C34H32F3N9O3. The summed E-state index contributed by atoms with van der Waals surface area (Å²) in [6.45, 7) is 0.152. The number of rotatable bonds is 9. The molecule has 2 atom stereocenters. The number of hydrogen-bond donors (Lipinski definition) is 2. The zero-order chi connectivity index (χ0) is 34.1. The van der Waals surface area contributed by atoms with Gasteiger partial charge in [0, 0.05) is 49.2 Å². The van der Waals surface area contributed by atoms with Crippen molar-refractivity contribution >= 4 is 27.8 Å². The third-order valence-corrected chi connectivity index (χ3v) is 8.70. The van der Waals surface area contributed by atoms with Gasteiger partial charge in [-0.25, -0.2) is 15.0 Å². The Morgan fingerprint density at radius 1 is 1.02 bits per heavy atom. The molecule has 1 aliphatic rings. The van der Waals surface area contributed by atoms with E-state index >= 15 is 0 Å². The van der Waals surface area contributed by atoms with Crippen molar-refractivity contribution in [1.82, 2.24) is 44.7 Å². The predicted octanol–water partition coefficient (Wildman–Crippen LogP) is 5.32. The van der Waals surface area contributed by atoms with E-state index in [0.29, 0.717) is 48.1 Å². The van der Waals surface area contributed by atoms with Crippen molar-refractivity contribution in [3.05, 3.63) is 90.7 Å². The number of carbonyl (C=O) groups excluding carboxylic acids is 1. The highest BCUT2D eigenvalue weighted by atomic mass is 19.4. The summed E-state index contributed by atoms with van der Waals surface area (Å²) in [4.78, 5) is 40.7. The third kappa shape index (κ3) is 6.48. The summed E-state index contributed by atoms with van der Waals surface area (Å²) in [5, 5.41) is 4.40. The molecule has 5 heterocycles. The second-order valence-corrected chi connectivity index (χ2v) is 11.7. The van der Waals surface area contributed by atoms with Crippen LogP contribution in [0.25, 0.3) is 33.2 Å². The maximum absolute atomic E-state index is 14.2. The first kappa shape index (κ1) is 32.0. The largest absolute Gasteiger partial charge is 0.497 e. The lowest BCUT2D eigenvalue weighted by molar-refractivity contribution is -0.148. The standard InChI is InChI=1S/C34H32F3N9O3/c1-48-23-7-8-26-28(15-23)46(33(44-26)34(35,36)37)19-30(47)45-12-9-21(40-17-22-16-38-10-11-39-22)14-29(45)31-41-18-27(42-31)24-13-20-5-3-4-6-25(20)43-32(24)49-2/h3-8,10-11,13,15-16,18,21,29,40H,9,12,14,17,19H2,1-2H3,(H,41,42)/t21-,29-/m0/s1. The highest BCUT2D eigenvalue weighted by Crippen LogP contribution is 2.36. The average Bonchev–Trinajstić information content (AvgIpc) is 3.76. The van der Waals surface area contributed by atoms with E-state index in [1.807, 2.05) is 30.3 Å². The molecule has 1 amide bonds. The smallest absolute Gasteiger partial charge is 0.449 e. The number of alkyl halides is 3. The number of amides is 1. The van der Waals surface area contributed by atoms with Crippen molar-refractivity contribution in [3.63, 3.8) is 0 Å². The second-order valence-electron chi connectivity index (χ2n) is 11.7. The molecule has 0 bridgehead atoms. The normalized spacial score (nSPS) is 16.7. The highest BCUT2D eigenvalue weighted by Gasteiger charge is 2.40. The first-order chi connectivity index (χ1) is 23.7. The molecule has 0 aliphatic carbocycles. The van der Waals surface area contributed by atoms with Gasteiger partial charge < -0.3 is 29.2 Å². The minimum Gasteiger partial charge on any atom is -0.497 e. The van der Waals surface area contributed by atoms with Gasteiger partial charge in [0.2, 0.25) is 17.6 Å². The summed E-state index contributed by atoms with van der Waals surface area (Å²) < 4.78 is 54.4. The van der Waals surface area contributed by atoms with Crippen LogP contribution in [0.2, 0.25) is 0 Å². The first-order valence-electron chi connectivity index (χ1n) is 15.6. The van der Waals surface area contributed by atoms with Gasteiger partial charge in [-0.15, -0.1) is 0 Å². The fourth-order valence-electron chi connectivity index (χ4n) is 6.30. The Balaban J connectivity index is 1.22. The SMILES string of the molecule is COc1ccc2nc(C(F)(F)F)n(CC(=O)N3CC[C@H](NCc4cnccn4)C[C@H]3c3ncc(-c4cc5ccccc5nc4OC)[nH]3)c2c1. The van der Waals surface area contributed by atoms with Crippen molar-refractivity contribution < 1.29 is 27.4 Å². The summed E-state index contributed by atoms with van der Waals surface area (Å²) in [6.07, 6.45) is 2.76. The summed E-state index contributed by atoms with van der Waals surface area (Å²) in [6, 6.07) is 13.4. The van der Waals surface area contributed by atoms with Gasteiger partial charge in [-0.3, -0.25) is 14.8 Å². The number of carbonyl (C=O) groups is 1. The minimum atomic E-state index is -4.79. The number of methoxy groups -OCH3 is 2. The van der Waals surface area contributed by atoms with Gasteiger partial charge >= 0.3 is 6.18 Å². The number of likely N-dealkylation sites (tertiary alicyclic amines) is 1. The van der Waals surface area contributed by atoms with Crippen molar-refractivity contribution in [2.75, 3.05) is 20.8 Å². The Bertz CT molecular complexity index is 2120. The lowest BCUT2D eigenvalue weighted by atomic mass is 9.96. The van der Waals surface area contributed by atoms with Gasteiger partial charge in [-0.1, -0.05) is 18.2 Å². The number of aromatic amines is 1. The van der Waals surface area contributed by atoms with Crippen LogP contribution in [0.4, 0.5) is 13.2 Å². The van der Waals surface area contributed by atoms with E-state index < -0.39 is 30.5 Å². The van der Waals surface area contributed by atoms with Gasteiger partial charge in [-0.05, 0) is 37.1 Å². The molecule has 252 valence electrons. The lowest BCUT2D eigenvalue weighted by Crippen LogP contribution is -2.48. The number of hydrogen-bond acceptors (Lipinski definition) is 9. The first-order valence-corrected chi connectivity index (χ1v) is 15.6. The molecule has 1 aliphatic heterocycles. The maximum Gasteiger partial charge on any atom is 0.449 e. The molecule has 12 nitrogen and oxygen atoms in total. The number of benzene rings is 2. The summed E-state index contributed by atoms with van der Waals surface area (Å²) in [5.74, 6) is -0.427. The fourth-order valence-corrected chi connectivity index (χ4v) is 6.30. The monoisotopic (exact) mass is 671 g/mol. The van der Waals surface area contributed by atoms with Crippen LogP contribution in [0.15, 0.2) is 73.3 Å². The molecule has 2 N–H and O–H groups in total.